The van der Waals surface area contributed by atoms with Crippen molar-refractivity contribution in [3.63, 3.8) is 0 Å². The molecule has 0 amide bonds. The van der Waals surface area contributed by atoms with E-state index >= 15 is 0 Å². The molecule has 0 spiro atoms. The molecule has 2 aromatic rings. The van der Waals surface area contributed by atoms with Crippen LogP contribution in [-0.2, 0) is 13.6 Å². The van der Waals surface area contributed by atoms with E-state index in [1.165, 1.54) is 8.66 Å². The average Bonchev–Trinajstić information content (AvgIpc) is 2.84. The predicted molar refractivity (Wildman–Crippen MR) is 70.5 cm³/mol. The highest BCUT2D eigenvalue weighted by molar-refractivity contribution is 9.11. The molecule has 2 heterocycles. The van der Waals surface area contributed by atoms with Crippen LogP contribution in [0.1, 0.15) is 23.7 Å². The van der Waals surface area contributed by atoms with Crippen LogP contribution in [0.15, 0.2) is 28.3 Å². The number of hydrogen-bond acceptors (Lipinski definition) is 3. The molecule has 0 bridgehead atoms. The fraction of sp³-hybridized carbons (Fsp3) is 0.364. The summed E-state index contributed by atoms with van der Waals surface area (Å²) in [5.41, 5.74) is 0. The number of rotatable bonds is 4. The number of nitrogens with zero attached hydrogens (tertiary/aromatic N) is 2. The van der Waals surface area contributed by atoms with Gasteiger partial charge in [-0.1, -0.05) is 0 Å². The van der Waals surface area contributed by atoms with Gasteiger partial charge < -0.3 is 9.88 Å². The van der Waals surface area contributed by atoms with E-state index in [1.807, 2.05) is 24.0 Å². The van der Waals surface area contributed by atoms with Gasteiger partial charge in [-0.2, -0.15) is 0 Å². The van der Waals surface area contributed by atoms with E-state index < -0.39 is 0 Å². The van der Waals surface area contributed by atoms with Crippen molar-refractivity contribution in [3.05, 3.63) is 39.0 Å². The average molecular weight is 300 g/mol. The second kappa shape index (κ2) is 5.12. The van der Waals surface area contributed by atoms with Crippen molar-refractivity contribution in [1.29, 1.82) is 0 Å². The molecule has 2 aromatic heterocycles. The molecule has 0 saturated heterocycles. The Morgan fingerprint density at radius 2 is 2.38 bits per heavy atom. The molecule has 0 aromatic carbocycles. The van der Waals surface area contributed by atoms with Crippen molar-refractivity contribution in [1.82, 2.24) is 14.9 Å². The van der Waals surface area contributed by atoms with E-state index in [1.54, 1.807) is 11.3 Å². The molecule has 0 aliphatic rings. The first kappa shape index (κ1) is 11.8. The predicted octanol–water partition coefficient (Wildman–Crippen LogP) is 3.09. The zero-order valence-electron chi connectivity index (χ0n) is 9.27. The number of halogens is 1. The maximum Gasteiger partial charge on any atom is 0.125 e. The Bertz CT molecular complexity index is 463. The molecule has 86 valence electrons. The molecule has 1 N–H and O–H groups in total. The summed E-state index contributed by atoms with van der Waals surface area (Å²) in [5.74, 6) is 1.07. The lowest BCUT2D eigenvalue weighted by Gasteiger charge is -2.12. The lowest BCUT2D eigenvalue weighted by Crippen LogP contribution is -2.20. The summed E-state index contributed by atoms with van der Waals surface area (Å²) in [5, 5.41) is 3.46. The largest absolute Gasteiger partial charge is 0.337 e. The monoisotopic (exact) mass is 299 g/mol. The van der Waals surface area contributed by atoms with Crippen LogP contribution in [0.2, 0.25) is 0 Å². The molecular formula is C11H14BrN3S. The Balaban J connectivity index is 1.93. The number of aryl methyl sites for hydroxylation is 1. The normalized spacial score (nSPS) is 12.9. The van der Waals surface area contributed by atoms with Crippen LogP contribution in [0.25, 0.3) is 0 Å². The Morgan fingerprint density at radius 3 is 2.94 bits per heavy atom. The molecule has 16 heavy (non-hydrogen) atoms. The number of imidazole rings is 1. The molecule has 1 atom stereocenters. The molecule has 5 heteroatoms. The van der Waals surface area contributed by atoms with Crippen molar-refractivity contribution in [2.45, 2.75) is 19.5 Å². The topological polar surface area (TPSA) is 29.9 Å². The van der Waals surface area contributed by atoms with Gasteiger partial charge in [-0.3, -0.25) is 0 Å². The Labute approximate surface area is 108 Å². The Kier molecular flexibility index (Phi) is 3.78. The zero-order chi connectivity index (χ0) is 11.5. The standard InChI is InChI=1S/C11H14BrN3S/c1-8(11-13-5-6-15(11)2)14-7-9-3-4-10(12)16-9/h3-6,8,14H,7H2,1-2H3. The lowest BCUT2D eigenvalue weighted by atomic mass is 10.3. The highest BCUT2D eigenvalue weighted by Crippen LogP contribution is 2.22. The highest BCUT2D eigenvalue weighted by atomic mass is 79.9. The maximum absolute atomic E-state index is 4.33. The van der Waals surface area contributed by atoms with E-state index in [2.05, 4.69) is 45.3 Å². The summed E-state index contributed by atoms with van der Waals surface area (Å²) in [6.07, 6.45) is 3.80. The third-order valence-electron chi connectivity index (χ3n) is 2.46. The Hall–Kier alpha value is -0.650. The number of hydrogen-bond donors (Lipinski definition) is 1. The van der Waals surface area contributed by atoms with Crippen LogP contribution < -0.4 is 5.32 Å². The SMILES string of the molecule is CC(NCc1ccc(Br)s1)c1nccn1C. The minimum Gasteiger partial charge on any atom is -0.337 e. The minimum absolute atomic E-state index is 0.265. The van der Waals surface area contributed by atoms with Crippen LogP contribution >= 0.6 is 27.3 Å². The van der Waals surface area contributed by atoms with Gasteiger partial charge in [0.2, 0.25) is 0 Å². The summed E-state index contributed by atoms with van der Waals surface area (Å²) in [6, 6.07) is 4.47. The van der Waals surface area contributed by atoms with Gasteiger partial charge in [-0.25, -0.2) is 4.98 Å². The van der Waals surface area contributed by atoms with Gasteiger partial charge in [0.25, 0.3) is 0 Å². The Morgan fingerprint density at radius 1 is 1.56 bits per heavy atom. The lowest BCUT2D eigenvalue weighted by molar-refractivity contribution is 0.533. The molecule has 2 rings (SSSR count). The smallest absolute Gasteiger partial charge is 0.125 e. The minimum atomic E-state index is 0.265. The first-order valence-corrected chi connectivity index (χ1v) is 6.72. The van der Waals surface area contributed by atoms with E-state index in [0.717, 1.165) is 12.4 Å². The fourth-order valence-corrected chi connectivity index (χ4v) is 3.02. The van der Waals surface area contributed by atoms with Gasteiger partial charge in [0, 0.05) is 30.9 Å². The molecule has 0 fully saturated rings. The highest BCUT2D eigenvalue weighted by Gasteiger charge is 2.09. The molecular weight excluding hydrogens is 286 g/mol. The summed E-state index contributed by atoms with van der Waals surface area (Å²) in [7, 11) is 2.02. The fourth-order valence-electron chi connectivity index (χ4n) is 1.59. The van der Waals surface area contributed by atoms with Gasteiger partial charge in [-0.05, 0) is 35.0 Å². The summed E-state index contributed by atoms with van der Waals surface area (Å²) >= 11 is 5.22. The second-order valence-electron chi connectivity index (χ2n) is 3.70. The van der Waals surface area contributed by atoms with Crippen molar-refractivity contribution >= 4 is 27.3 Å². The van der Waals surface area contributed by atoms with Gasteiger partial charge in [-0.15, -0.1) is 11.3 Å². The molecule has 0 aliphatic carbocycles. The first-order chi connectivity index (χ1) is 7.66. The van der Waals surface area contributed by atoms with Crippen LogP contribution in [-0.4, -0.2) is 9.55 Å². The van der Waals surface area contributed by atoms with Gasteiger partial charge in [0.05, 0.1) is 9.83 Å². The van der Waals surface area contributed by atoms with Crippen molar-refractivity contribution in [3.8, 4) is 0 Å². The van der Waals surface area contributed by atoms with E-state index in [-0.39, 0.29) is 6.04 Å². The third kappa shape index (κ3) is 2.72. The third-order valence-corrected chi connectivity index (χ3v) is 4.08. The molecule has 0 radical (unpaired) electrons. The van der Waals surface area contributed by atoms with Crippen LogP contribution in [0.3, 0.4) is 0 Å². The van der Waals surface area contributed by atoms with Gasteiger partial charge in [0.15, 0.2) is 0 Å². The number of thiophene rings is 1. The quantitative estimate of drug-likeness (QED) is 0.940. The molecule has 3 nitrogen and oxygen atoms in total. The summed E-state index contributed by atoms with van der Waals surface area (Å²) in [6.45, 7) is 3.01. The molecule has 0 aliphatic heterocycles. The van der Waals surface area contributed by atoms with Crippen molar-refractivity contribution in [2.75, 3.05) is 0 Å². The second-order valence-corrected chi connectivity index (χ2v) is 6.25. The van der Waals surface area contributed by atoms with E-state index in [0.29, 0.717) is 0 Å². The number of aromatic nitrogens is 2. The first-order valence-electron chi connectivity index (χ1n) is 5.11. The summed E-state index contributed by atoms with van der Waals surface area (Å²) < 4.78 is 3.22. The van der Waals surface area contributed by atoms with Gasteiger partial charge >= 0.3 is 0 Å². The summed E-state index contributed by atoms with van der Waals surface area (Å²) in [4.78, 5) is 5.65. The molecule has 1 unspecified atom stereocenters. The van der Waals surface area contributed by atoms with Crippen LogP contribution in [0.5, 0.6) is 0 Å². The van der Waals surface area contributed by atoms with E-state index in [4.69, 9.17) is 0 Å². The number of nitrogens with one attached hydrogen (secondary N) is 1. The molecule has 0 saturated carbocycles. The maximum atomic E-state index is 4.33. The van der Waals surface area contributed by atoms with Crippen molar-refractivity contribution < 1.29 is 0 Å². The zero-order valence-corrected chi connectivity index (χ0v) is 11.7. The van der Waals surface area contributed by atoms with Gasteiger partial charge in [0.1, 0.15) is 5.82 Å². The van der Waals surface area contributed by atoms with Crippen LogP contribution in [0, 0.1) is 0 Å². The van der Waals surface area contributed by atoms with E-state index in [9.17, 15) is 0 Å². The van der Waals surface area contributed by atoms with Crippen LogP contribution in [0.4, 0.5) is 0 Å². The van der Waals surface area contributed by atoms with Crippen molar-refractivity contribution in [2.24, 2.45) is 7.05 Å².